The maximum atomic E-state index is 13.3. The molecule has 0 radical (unpaired) electrons. The Labute approximate surface area is 209 Å². The molecular weight excluding hydrogens is 468 g/mol. The highest BCUT2D eigenvalue weighted by molar-refractivity contribution is 7.18. The van der Waals surface area contributed by atoms with Crippen LogP contribution in [0.4, 0.5) is 11.4 Å². The number of amides is 2. The fourth-order valence-electron chi connectivity index (χ4n) is 4.17. The number of nitrogens with one attached hydrogen (secondary N) is 2. The molecular formula is C26H29ClN4O2S. The number of rotatable bonds is 6. The number of likely N-dealkylation sites (N-methyl/N-ethyl adjacent to an activating group) is 1. The van der Waals surface area contributed by atoms with Gasteiger partial charge >= 0.3 is 0 Å². The van der Waals surface area contributed by atoms with Crippen molar-refractivity contribution in [2.24, 2.45) is 0 Å². The molecule has 34 heavy (non-hydrogen) atoms. The summed E-state index contributed by atoms with van der Waals surface area (Å²) in [6.45, 7) is 6.21. The van der Waals surface area contributed by atoms with Crippen molar-refractivity contribution in [1.29, 1.82) is 0 Å². The van der Waals surface area contributed by atoms with Crippen molar-refractivity contribution in [1.82, 2.24) is 10.2 Å². The molecule has 1 unspecified atom stereocenters. The van der Waals surface area contributed by atoms with Gasteiger partial charge in [0.15, 0.2) is 0 Å². The standard InChI is InChI=1S/C26H29ClN4O2S/c1-18-17-20(9-10-21(18)31-14-6-13-30(2)15-16-31)28-26(33)24(19-7-4-3-5-8-19)29-25(32)22-11-12-23(27)34-22/h3-5,7-12,17,24H,6,13-16H2,1-2H3,(H,28,33)(H,29,32). The molecule has 0 spiro atoms. The molecule has 2 N–H and O–H groups in total. The first-order chi connectivity index (χ1) is 16.4. The van der Waals surface area contributed by atoms with Crippen LogP contribution in [0.15, 0.2) is 60.7 Å². The summed E-state index contributed by atoms with van der Waals surface area (Å²) in [5.41, 5.74) is 3.71. The average molecular weight is 497 g/mol. The van der Waals surface area contributed by atoms with Crippen LogP contribution in [0.3, 0.4) is 0 Å². The van der Waals surface area contributed by atoms with Crippen LogP contribution in [-0.2, 0) is 4.79 Å². The molecule has 8 heteroatoms. The number of halogens is 1. The lowest BCUT2D eigenvalue weighted by Gasteiger charge is -2.25. The molecule has 0 saturated carbocycles. The van der Waals surface area contributed by atoms with Gasteiger partial charge in [0.2, 0.25) is 0 Å². The van der Waals surface area contributed by atoms with E-state index in [2.05, 4.69) is 40.5 Å². The maximum absolute atomic E-state index is 13.3. The summed E-state index contributed by atoms with van der Waals surface area (Å²) in [7, 11) is 2.16. The van der Waals surface area contributed by atoms with Crippen LogP contribution in [0.5, 0.6) is 0 Å². The summed E-state index contributed by atoms with van der Waals surface area (Å²) in [6, 6.07) is 17.7. The molecule has 1 saturated heterocycles. The van der Waals surface area contributed by atoms with Gasteiger partial charge in [-0.25, -0.2) is 0 Å². The van der Waals surface area contributed by atoms with Crippen molar-refractivity contribution in [2.45, 2.75) is 19.4 Å². The van der Waals surface area contributed by atoms with Crippen LogP contribution >= 0.6 is 22.9 Å². The van der Waals surface area contributed by atoms with Crippen molar-refractivity contribution < 1.29 is 9.59 Å². The van der Waals surface area contributed by atoms with E-state index in [-0.39, 0.29) is 11.8 Å². The SMILES string of the molecule is Cc1cc(NC(=O)C(NC(=O)c2ccc(Cl)s2)c2ccccc2)ccc1N1CCCN(C)CC1. The van der Waals surface area contributed by atoms with Gasteiger partial charge in [0.05, 0.1) is 9.21 Å². The number of thiophene rings is 1. The van der Waals surface area contributed by atoms with Crippen LogP contribution in [0, 0.1) is 6.92 Å². The summed E-state index contributed by atoms with van der Waals surface area (Å²) in [5.74, 6) is -0.635. The van der Waals surface area contributed by atoms with Crippen LogP contribution in [0.25, 0.3) is 0 Å². The minimum absolute atomic E-state index is 0.300. The first-order valence-electron chi connectivity index (χ1n) is 11.4. The first-order valence-corrected chi connectivity index (χ1v) is 12.6. The van der Waals surface area contributed by atoms with E-state index in [1.165, 1.54) is 17.0 Å². The summed E-state index contributed by atoms with van der Waals surface area (Å²) in [5, 5.41) is 5.85. The van der Waals surface area contributed by atoms with E-state index < -0.39 is 6.04 Å². The molecule has 1 aliphatic heterocycles. The second-order valence-corrected chi connectivity index (χ2v) is 10.3. The van der Waals surface area contributed by atoms with E-state index in [0.717, 1.165) is 38.2 Å². The molecule has 2 amide bonds. The van der Waals surface area contributed by atoms with Crippen LogP contribution in [-0.4, -0.2) is 49.9 Å². The molecule has 0 bridgehead atoms. The number of benzene rings is 2. The normalized spacial score (nSPS) is 15.4. The quantitative estimate of drug-likeness (QED) is 0.506. The number of carbonyl (C=O) groups is 2. The van der Waals surface area contributed by atoms with E-state index in [0.29, 0.717) is 20.5 Å². The zero-order chi connectivity index (χ0) is 24.1. The Morgan fingerprint density at radius 2 is 1.79 bits per heavy atom. The molecule has 1 atom stereocenters. The third kappa shape index (κ3) is 5.97. The van der Waals surface area contributed by atoms with Crippen LogP contribution < -0.4 is 15.5 Å². The summed E-state index contributed by atoms with van der Waals surface area (Å²) in [4.78, 5) is 31.3. The van der Waals surface area contributed by atoms with E-state index in [4.69, 9.17) is 11.6 Å². The number of aryl methyl sites for hydroxylation is 1. The number of anilines is 2. The van der Waals surface area contributed by atoms with Crippen molar-refractivity contribution in [3.63, 3.8) is 0 Å². The Bertz CT molecular complexity index is 1150. The van der Waals surface area contributed by atoms with E-state index in [9.17, 15) is 9.59 Å². The van der Waals surface area contributed by atoms with E-state index >= 15 is 0 Å². The van der Waals surface area contributed by atoms with Gasteiger partial charge in [0.1, 0.15) is 6.04 Å². The predicted molar refractivity (Wildman–Crippen MR) is 140 cm³/mol. The van der Waals surface area contributed by atoms with Crippen LogP contribution in [0.2, 0.25) is 4.34 Å². The molecule has 2 aromatic carbocycles. The monoisotopic (exact) mass is 496 g/mol. The smallest absolute Gasteiger partial charge is 0.262 e. The lowest BCUT2D eigenvalue weighted by Crippen LogP contribution is -2.36. The summed E-state index contributed by atoms with van der Waals surface area (Å²) >= 11 is 7.16. The topological polar surface area (TPSA) is 64.7 Å². The second-order valence-electron chi connectivity index (χ2n) is 8.56. The summed E-state index contributed by atoms with van der Waals surface area (Å²) < 4.78 is 0.525. The van der Waals surface area contributed by atoms with E-state index in [1.54, 1.807) is 12.1 Å². The number of hydrogen-bond donors (Lipinski definition) is 2. The Morgan fingerprint density at radius 1 is 1.00 bits per heavy atom. The van der Waals surface area contributed by atoms with Crippen molar-refractivity contribution in [2.75, 3.05) is 43.4 Å². The largest absolute Gasteiger partial charge is 0.370 e. The molecule has 1 aromatic heterocycles. The number of carbonyl (C=O) groups excluding carboxylic acids is 2. The zero-order valence-electron chi connectivity index (χ0n) is 19.4. The Morgan fingerprint density at radius 3 is 2.50 bits per heavy atom. The highest BCUT2D eigenvalue weighted by atomic mass is 35.5. The van der Waals surface area contributed by atoms with Gasteiger partial charge in [-0.3, -0.25) is 9.59 Å². The van der Waals surface area contributed by atoms with Crippen molar-refractivity contribution in [3.8, 4) is 0 Å². The second kappa shape index (κ2) is 11.0. The van der Waals surface area contributed by atoms with Gasteiger partial charge in [0, 0.05) is 31.0 Å². The Kier molecular flexibility index (Phi) is 7.88. The molecule has 1 fully saturated rings. The predicted octanol–water partition coefficient (Wildman–Crippen LogP) is 4.96. The zero-order valence-corrected chi connectivity index (χ0v) is 21.0. The molecule has 2 heterocycles. The van der Waals surface area contributed by atoms with Crippen molar-refractivity contribution in [3.05, 3.63) is 81.0 Å². The first kappa shape index (κ1) is 24.3. The van der Waals surface area contributed by atoms with Gasteiger partial charge in [-0.2, -0.15) is 0 Å². The Balaban J connectivity index is 1.50. The van der Waals surface area contributed by atoms with Gasteiger partial charge in [-0.05, 0) is 68.4 Å². The molecule has 4 rings (SSSR count). The van der Waals surface area contributed by atoms with Gasteiger partial charge < -0.3 is 20.4 Å². The minimum atomic E-state index is -0.837. The van der Waals surface area contributed by atoms with Gasteiger partial charge in [0.25, 0.3) is 11.8 Å². The van der Waals surface area contributed by atoms with Crippen molar-refractivity contribution >= 4 is 46.1 Å². The third-order valence-corrected chi connectivity index (χ3v) is 7.22. The molecule has 178 valence electrons. The molecule has 3 aromatic rings. The molecule has 6 nitrogen and oxygen atoms in total. The fourth-order valence-corrected chi connectivity index (χ4v) is 5.12. The maximum Gasteiger partial charge on any atom is 0.262 e. The van der Waals surface area contributed by atoms with E-state index in [1.807, 2.05) is 42.5 Å². The lowest BCUT2D eigenvalue weighted by atomic mass is 10.1. The summed E-state index contributed by atoms with van der Waals surface area (Å²) in [6.07, 6.45) is 1.13. The fraction of sp³-hybridized carbons (Fsp3) is 0.308. The minimum Gasteiger partial charge on any atom is -0.370 e. The average Bonchev–Trinajstić information content (AvgIpc) is 3.15. The highest BCUT2D eigenvalue weighted by Crippen LogP contribution is 2.26. The van der Waals surface area contributed by atoms with Gasteiger partial charge in [-0.15, -0.1) is 11.3 Å². The highest BCUT2D eigenvalue weighted by Gasteiger charge is 2.24. The number of hydrogen-bond acceptors (Lipinski definition) is 5. The van der Waals surface area contributed by atoms with Gasteiger partial charge in [-0.1, -0.05) is 41.9 Å². The lowest BCUT2D eigenvalue weighted by molar-refractivity contribution is -0.118. The van der Waals surface area contributed by atoms with Crippen LogP contribution in [0.1, 0.15) is 33.3 Å². The number of nitrogens with zero attached hydrogens (tertiary/aromatic N) is 2. The molecule has 1 aliphatic rings. The Hall–Kier alpha value is -2.87. The molecule has 0 aliphatic carbocycles. The third-order valence-electron chi connectivity index (χ3n) is 5.99.